The maximum Gasteiger partial charge on any atom is 0.264 e. The summed E-state index contributed by atoms with van der Waals surface area (Å²) in [7, 11) is 1.80. The molecule has 2 aromatic heterocycles. The number of nitrogens with zero attached hydrogens (tertiary/aromatic N) is 4. The minimum absolute atomic E-state index is 0.00534. The summed E-state index contributed by atoms with van der Waals surface area (Å²) < 4.78 is 3.32. The lowest BCUT2D eigenvalue weighted by Crippen LogP contribution is -2.32. The highest BCUT2D eigenvalue weighted by Gasteiger charge is 2.12. The zero-order valence-corrected chi connectivity index (χ0v) is 12.6. The normalized spacial score (nSPS) is 16.6. The first-order valence-corrected chi connectivity index (χ1v) is 7.86. The van der Waals surface area contributed by atoms with Gasteiger partial charge in [-0.15, -0.1) is 0 Å². The van der Waals surface area contributed by atoms with Crippen LogP contribution in [0.5, 0.6) is 0 Å². The van der Waals surface area contributed by atoms with E-state index in [2.05, 4.69) is 15.4 Å². The fourth-order valence-electron chi connectivity index (χ4n) is 3.09. The van der Waals surface area contributed by atoms with Crippen LogP contribution in [0.3, 0.4) is 0 Å². The van der Waals surface area contributed by atoms with Crippen molar-refractivity contribution in [1.82, 2.24) is 24.6 Å². The highest BCUT2D eigenvalue weighted by molar-refractivity contribution is 5.72. The van der Waals surface area contributed by atoms with Crippen LogP contribution >= 0.6 is 0 Å². The van der Waals surface area contributed by atoms with Gasteiger partial charge in [0.15, 0.2) is 5.65 Å². The zero-order chi connectivity index (χ0) is 14.7. The number of fused-ring (bicyclic) bond motifs is 1. The summed E-state index contributed by atoms with van der Waals surface area (Å²) >= 11 is 0. The Labute approximate surface area is 124 Å². The van der Waals surface area contributed by atoms with Crippen molar-refractivity contribution in [3.8, 4) is 0 Å². The van der Waals surface area contributed by atoms with Gasteiger partial charge < -0.3 is 5.32 Å². The molecule has 21 heavy (non-hydrogen) atoms. The first-order chi connectivity index (χ1) is 10.3. The van der Waals surface area contributed by atoms with Crippen molar-refractivity contribution in [2.45, 2.75) is 51.1 Å². The van der Waals surface area contributed by atoms with E-state index in [-0.39, 0.29) is 5.56 Å². The van der Waals surface area contributed by atoms with Crippen LogP contribution in [0.15, 0.2) is 17.3 Å². The summed E-state index contributed by atoms with van der Waals surface area (Å²) in [5.41, 5.74) is 0.655. The lowest BCUT2D eigenvalue weighted by molar-refractivity contribution is 0.368. The molecule has 3 rings (SSSR count). The van der Waals surface area contributed by atoms with E-state index >= 15 is 0 Å². The summed E-state index contributed by atoms with van der Waals surface area (Å²) in [6.45, 7) is 1.67. The molecule has 1 N–H and O–H groups in total. The lowest BCUT2D eigenvalue weighted by atomic mass is 9.95. The van der Waals surface area contributed by atoms with Gasteiger partial charge in [-0.3, -0.25) is 14.0 Å². The van der Waals surface area contributed by atoms with Crippen LogP contribution in [0.25, 0.3) is 11.0 Å². The molecule has 6 nitrogen and oxygen atoms in total. The van der Waals surface area contributed by atoms with E-state index in [0.717, 1.165) is 13.0 Å². The molecule has 0 unspecified atom stereocenters. The van der Waals surface area contributed by atoms with Crippen molar-refractivity contribution in [2.24, 2.45) is 7.05 Å². The van der Waals surface area contributed by atoms with Crippen LogP contribution in [0.2, 0.25) is 0 Å². The van der Waals surface area contributed by atoms with Crippen molar-refractivity contribution in [2.75, 3.05) is 6.54 Å². The Morgan fingerprint density at radius 3 is 2.95 bits per heavy atom. The fourth-order valence-corrected chi connectivity index (χ4v) is 3.09. The number of hydrogen-bond donors (Lipinski definition) is 1. The highest BCUT2D eigenvalue weighted by atomic mass is 16.1. The predicted molar refractivity (Wildman–Crippen MR) is 82.3 cm³/mol. The van der Waals surface area contributed by atoms with E-state index in [1.165, 1.54) is 32.1 Å². The van der Waals surface area contributed by atoms with Crippen molar-refractivity contribution in [3.63, 3.8) is 0 Å². The molecule has 1 aliphatic rings. The molecule has 0 aliphatic heterocycles. The average Bonchev–Trinajstić information content (AvgIpc) is 2.89. The van der Waals surface area contributed by atoms with Gasteiger partial charge in [0.25, 0.3) is 5.56 Å². The molecule has 114 valence electrons. The molecule has 1 fully saturated rings. The molecule has 6 heteroatoms. The Balaban J connectivity index is 1.55. The third-order valence-corrected chi connectivity index (χ3v) is 4.33. The Morgan fingerprint density at radius 1 is 1.33 bits per heavy atom. The number of nitrogens with one attached hydrogen (secondary N) is 1. The highest BCUT2D eigenvalue weighted by Crippen LogP contribution is 2.17. The van der Waals surface area contributed by atoms with E-state index in [0.29, 0.717) is 23.6 Å². The molecular formula is C15H23N5O. The quantitative estimate of drug-likeness (QED) is 0.846. The monoisotopic (exact) mass is 289 g/mol. The minimum Gasteiger partial charge on any atom is -0.314 e. The number of rotatable bonds is 5. The van der Waals surface area contributed by atoms with Gasteiger partial charge in [0.05, 0.1) is 12.5 Å². The number of hydrogen-bond acceptors (Lipinski definition) is 4. The van der Waals surface area contributed by atoms with Gasteiger partial charge in [-0.2, -0.15) is 5.10 Å². The van der Waals surface area contributed by atoms with Crippen LogP contribution in [0, 0.1) is 0 Å². The molecule has 0 saturated heterocycles. The van der Waals surface area contributed by atoms with Gasteiger partial charge in [0.1, 0.15) is 5.39 Å². The second-order valence-electron chi connectivity index (χ2n) is 5.89. The Morgan fingerprint density at radius 2 is 2.14 bits per heavy atom. The maximum atomic E-state index is 12.3. The zero-order valence-electron chi connectivity index (χ0n) is 12.6. The topological polar surface area (TPSA) is 64.7 Å². The molecule has 0 amide bonds. The largest absolute Gasteiger partial charge is 0.314 e. The van der Waals surface area contributed by atoms with Crippen molar-refractivity contribution in [3.05, 3.63) is 22.9 Å². The summed E-state index contributed by atoms with van der Waals surface area (Å²) in [4.78, 5) is 16.6. The molecule has 2 heterocycles. The first-order valence-electron chi connectivity index (χ1n) is 7.86. The molecule has 0 aromatic carbocycles. The van der Waals surface area contributed by atoms with Gasteiger partial charge in [-0.25, -0.2) is 4.98 Å². The molecule has 1 aliphatic carbocycles. The third kappa shape index (κ3) is 3.15. The van der Waals surface area contributed by atoms with Gasteiger partial charge in [0, 0.05) is 19.6 Å². The van der Waals surface area contributed by atoms with E-state index in [1.54, 1.807) is 28.8 Å². The van der Waals surface area contributed by atoms with Gasteiger partial charge in [-0.1, -0.05) is 19.3 Å². The Hall–Kier alpha value is -1.69. The van der Waals surface area contributed by atoms with Crippen LogP contribution in [0.1, 0.15) is 38.5 Å². The predicted octanol–water partition coefficient (Wildman–Crippen LogP) is 1.44. The Bertz CT molecular complexity index is 654. The van der Waals surface area contributed by atoms with Crippen molar-refractivity contribution < 1.29 is 0 Å². The minimum atomic E-state index is 0.00534. The standard InChI is InChI=1S/C15H23N5O/c1-19-14-13(10-18-19)15(21)20(11-17-14)9-5-8-16-12-6-3-2-4-7-12/h10-12,16H,2-9H2,1H3. The van der Waals surface area contributed by atoms with Crippen molar-refractivity contribution in [1.29, 1.82) is 0 Å². The lowest BCUT2D eigenvalue weighted by Gasteiger charge is -2.22. The van der Waals surface area contributed by atoms with E-state index in [4.69, 9.17) is 0 Å². The molecular weight excluding hydrogens is 266 g/mol. The smallest absolute Gasteiger partial charge is 0.264 e. The molecule has 0 bridgehead atoms. The number of aryl methyl sites for hydroxylation is 2. The summed E-state index contributed by atoms with van der Waals surface area (Å²) in [6.07, 6.45) is 10.8. The summed E-state index contributed by atoms with van der Waals surface area (Å²) in [6, 6.07) is 0.675. The van der Waals surface area contributed by atoms with E-state index in [1.807, 2.05) is 0 Å². The summed E-state index contributed by atoms with van der Waals surface area (Å²) in [5.74, 6) is 0. The van der Waals surface area contributed by atoms with Gasteiger partial charge in [0.2, 0.25) is 0 Å². The number of aromatic nitrogens is 4. The first kappa shape index (κ1) is 14.3. The fraction of sp³-hybridized carbons (Fsp3) is 0.667. The average molecular weight is 289 g/mol. The van der Waals surface area contributed by atoms with Crippen molar-refractivity contribution >= 4 is 11.0 Å². The third-order valence-electron chi connectivity index (χ3n) is 4.33. The Kier molecular flexibility index (Phi) is 4.34. The second kappa shape index (κ2) is 6.39. The van der Waals surface area contributed by atoms with Crippen LogP contribution < -0.4 is 10.9 Å². The maximum absolute atomic E-state index is 12.3. The van der Waals surface area contributed by atoms with Gasteiger partial charge >= 0.3 is 0 Å². The molecule has 2 aromatic rings. The van der Waals surface area contributed by atoms with E-state index < -0.39 is 0 Å². The van der Waals surface area contributed by atoms with Gasteiger partial charge in [-0.05, 0) is 25.8 Å². The van der Waals surface area contributed by atoms with E-state index in [9.17, 15) is 4.79 Å². The van der Waals surface area contributed by atoms with Crippen LogP contribution in [0.4, 0.5) is 0 Å². The molecule has 0 spiro atoms. The van der Waals surface area contributed by atoms with Crippen LogP contribution in [-0.4, -0.2) is 31.9 Å². The molecule has 1 saturated carbocycles. The van der Waals surface area contributed by atoms with Crippen LogP contribution in [-0.2, 0) is 13.6 Å². The summed E-state index contributed by atoms with van der Waals surface area (Å²) in [5, 5.41) is 8.28. The second-order valence-corrected chi connectivity index (χ2v) is 5.89. The molecule has 0 atom stereocenters. The molecule has 0 radical (unpaired) electrons. The SMILES string of the molecule is Cn1ncc2c(=O)n(CCCNC3CCCCC3)cnc21.